The Morgan fingerprint density at radius 3 is 2.19 bits per heavy atom. The van der Waals surface area contributed by atoms with Gasteiger partial charge in [0, 0.05) is 33.9 Å². The van der Waals surface area contributed by atoms with Crippen molar-refractivity contribution in [3.63, 3.8) is 0 Å². The maximum atomic E-state index is 13.7. The predicted molar refractivity (Wildman–Crippen MR) is 119 cm³/mol. The minimum atomic E-state index is -4.90. The number of halogens is 4. The molecule has 0 aliphatic heterocycles. The number of anilines is 3. The summed E-state index contributed by atoms with van der Waals surface area (Å²) in [5.74, 6) is 0.453. The van der Waals surface area contributed by atoms with Crippen LogP contribution in [0.15, 0.2) is 66.4 Å². The normalized spacial score (nSPS) is 14.0. The van der Waals surface area contributed by atoms with E-state index < -0.39 is 29.9 Å². The fourth-order valence-electron chi connectivity index (χ4n) is 2.63. The molecule has 0 spiro atoms. The monoisotopic (exact) mass is 470 g/mol. The first-order valence-electron chi connectivity index (χ1n) is 9.12. The molecule has 2 rings (SSSR count). The van der Waals surface area contributed by atoms with E-state index in [9.17, 15) is 23.4 Å². The standard InChI is InChI=1S/C21H22ClF3N4O3/c1-3-18(30)27-14-8-12(22)9-15(10-14)29-20(31)17(11-26)19(21(23,24)25)28-13-4-6-16(32-2)7-5-13/h3-11,18,20,26-31H,1H2,2H3/b19-17+,26-11?. The van der Waals surface area contributed by atoms with Gasteiger partial charge in [-0.15, -0.1) is 0 Å². The molecule has 2 aromatic carbocycles. The lowest BCUT2D eigenvalue weighted by Crippen LogP contribution is -2.30. The molecule has 0 saturated heterocycles. The minimum absolute atomic E-state index is 0.0809. The number of hydrogen-bond donors (Lipinski definition) is 6. The number of hydrogen-bond acceptors (Lipinski definition) is 7. The molecule has 0 saturated carbocycles. The zero-order valence-electron chi connectivity index (χ0n) is 16.9. The molecule has 0 aliphatic carbocycles. The summed E-state index contributed by atoms with van der Waals surface area (Å²) in [6, 6.07) is 9.90. The van der Waals surface area contributed by atoms with Crippen molar-refractivity contribution >= 4 is 34.9 Å². The first kappa shape index (κ1) is 25.1. The maximum Gasteiger partial charge on any atom is 0.431 e. The van der Waals surface area contributed by atoms with Gasteiger partial charge in [0.1, 0.15) is 17.7 Å². The Morgan fingerprint density at radius 1 is 1.09 bits per heavy atom. The molecule has 0 fully saturated rings. The van der Waals surface area contributed by atoms with Crippen molar-refractivity contribution in [2.24, 2.45) is 0 Å². The van der Waals surface area contributed by atoms with E-state index in [1.807, 2.05) is 0 Å². The Bertz CT molecular complexity index is 981. The average Bonchev–Trinajstić information content (AvgIpc) is 2.72. The topological polar surface area (TPSA) is 110 Å². The SMILES string of the molecule is C=CC(O)Nc1cc(Cl)cc(NC(O)/C(C=N)=C(/Nc2ccc(OC)cc2)C(F)(F)F)c1. The lowest BCUT2D eigenvalue weighted by atomic mass is 10.1. The molecule has 2 atom stereocenters. The summed E-state index contributed by atoms with van der Waals surface area (Å²) in [5.41, 5.74) is -1.52. The van der Waals surface area contributed by atoms with Crippen molar-refractivity contribution < 1.29 is 28.1 Å². The van der Waals surface area contributed by atoms with Crippen molar-refractivity contribution in [2.45, 2.75) is 18.6 Å². The van der Waals surface area contributed by atoms with Gasteiger partial charge in [-0.3, -0.25) is 0 Å². The molecule has 0 aliphatic rings. The summed E-state index contributed by atoms with van der Waals surface area (Å²) in [5, 5.41) is 35.1. The van der Waals surface area contributed by atoms with Crippen LogP contribution in [0.4, 0.5) is 30.2 Å². The summed E-state index contributed by atoms with van der Waals surface area (Å²) >= 11 is 6.01. The molecule has 0 aromatic heterocycles. The van der Waals surface area contributed by atoms with E-state index in [1.165, 1.54) is 55.7 Å². The number of methoxy groups -OCH3 is 1. The molecule has 7 nitrogen and oxygen atoms in total. The number of benzene rings is 2. The number of nitrogens with one attached hydrogen (secondary N) is 4. The molecule has 172 valence electrons. The molecular formula is C21H22ClF3N4O3. The molecule has 32 heavy (non-hydrogen) atoms. The van der Waals surface area contributed by atoms with Gasteiger partial charge >= 0.3 is 6.18 Å². The van der Waals surface area contributed by atoms with Crippen LogP contribution in [-0.4, -0.2) is 42.2 Å². The molecule has 11 heteroatoms. The Morgan fingerprint density at radius 2 is 1.69 bits per heavy atom. The number of aliphatic hydroxyl groups excluding tert-OH is 2. The van der Waals surface area contributed by atoms with Crippen LogP contribution in [-0.2, 0) is 0 Å². The summed E-state index contributed by atoms with van der Waals surface area (Å²) in [6.45, 7) is 3.42. The Labute approximate surface area is 187 Å². The minimum Gasteiger partial charge on any atom is -0.497 e. The Kier molecular flexibility index (Phi) is 8.53. The van der Waals surface area contributed by atoms with Crippen LogP contribution in [0.2, 0.25) is 5.02 Å². The van der Waals surface area contributed by atoms with E-state index in [1.54, 1.807) is 0 Å². The first-order chi connectivity index (χ1) is 15.1. The van der Waals surface area contributed by atoms with Gasteiger partial charge in [-0.2, -0.15) is 13.2 Å². The van der Waals surface area contributed by atoms with Crippen molar-refractivity contribution in [1.29, 1.82) is 5.41 Å². The van der Waals surface area contributed by atoms with E-state index in [2.05, 4.69) is 22.5 Å². The van der Waals surface area contributed by atoms with Gasteiger partial charge in [0.05, 0.1) is 7.11 Å². The van der Waals surface area contributed by atoms with Gasteiger partial charge in [0.15, 0.2) is 6.23 Å². The van der Waals surface area contributed by atoms with Gasteiger partial charge in [-0.25, -0.2) is 0 Å². The second-order valence-electron chi connectivity index (χ2n) is 6.43. The highest BCUT2D eigenvalue weighted by Crippen LogP contribution is 2.31. The van der Waals surface area contributed by atoms with E-state index in [-0.39, 0.29) is 16.4 Å². The molecule has 6 N–H and O–H groups in total. The molecule has 0 amide bonds. The lowest BCUT2D eigenvalue weighted by molar-refractivity contribution is -0.0914. The fourth-order valence-corrected chi connectivity index (χ4v) is 2.87. The smallest absolute Gasteiger partial charge is 0.431 e. The third kappa shape index (κ3) is 6.91. The highest BCUT2D eigenvalue weighted by Gasteiger charge is 2.38. The second kappa shape index (κ2) is 10.9. The lowest BCUT2D eigenvalue weighted by Gasteiger charge is -2.22. The zero-order valence-corrected chi connectivity index (χ0v) is 17.6. The van der Waals surface area contributed by atoms with E-state index >= 15 is 0 Å². The van der Waals surface area contributed by atoms with Crippen molar-refractivity contribution in [3.8, 4) is 5.75 Å². The van der Waals surface area contributed by atoms with E-state index in [0.717, 1.165) is 0 Å². The Hall–Kier alpha value is -3.21. The van der Waals surface area contributed by atoms with Crippen molar-refractivity contribution in [3.05, 3.63) is 71.4 Å². The van der Waals surface area contributed by atoms with Crippen LogP contribution >= 0.6 is 11.6 Å². The third-order valence-corrected chi connectivity index (χ3v) is 4.34. The summed E-state index contributed by atoms with van der Waals surface area (Å²) < 4.78 is 46.2. The van der Waals surface area contributed by atoms with Gasteiger partial charge < -0.3 is 36.3 Å². The molecular weight excluding hydrogens is 449 g/mol. The second-order valence-corrected chi connectivity index (χ2v) is 6.86. The predicted octanol–water partition coefficient (Wildman–Crippen LogP) is 4.57. The van der Waals surface area contributed by atoms with Gasteiger partial charge in [-0.1, -0.05) is 18.2 Å². The van der Waals surface area contributed by atoms with Gasteiger partial charge in [0.25, 0.3) is 0 Å². The van der Waals surface area contributed by atoms with Crippen LogP contribution in [0.5, 0.6) is 5.75 Å². The number of aliphatic hydroxyl groups is 2. The van der Waals surface area contributed by atoms with E-state index in [4.69, 9.17) is 21.7 Å². The van der Waals surface area contributed by atoms with Crippen LogP contribution in [0.1, 0.15) is 0 Å². The van der Waals surface area contributed by atoms with Crippen LogP contribution in [0.3, 0.4) is 0 Å². The highest BCUT2D eigenvalue weighted by molar-refractivity contribution is 6.31. The average molecular weight is 471 g/mol. The van der Waals surface area contributed by atoms with Crippen LogP contribution in [0, 0.1) is 5.41 Å². The summed E-state index contributed by atoms with van der Waals surface area (Å²) in [7, 11) is 1.42. The van der Waals surface area contributed by atoms with Crippen molar-refractivity contribution in [1.82, 2.24) is 0 Å². The van der Waals surface area contributed by atoms with Gasteiger partial charge in [0.2, 0.25) is 0 Å². The van der Waals surface area contributed by atoms with E-state index in [0.29, 0.717) is 17.7 Å². The molecule has 0 bridgehead atoms. The molecule has 2 unspecified atom stereocenters. The Balaban J connectivity index is 2.36. The van der Waals surface area contributed by atoms with Gasteiger partial charge in [-0.05, 0) is 48.5 Å². The van der Waals surface area contributed by atoms with Crippen LogP contribution in [0.25, 0.3) is 0 Å². The number of ether oxygens (including phenoxy) is 1. The molecule has 0 radical (unpaired) electrons. The fraction of sp³-hybridized carbons (Fsp3) is 0.190. The zero-order chi connectivity index (χ0) is 23.9. The highest BCUT2D eigenvalue weighted by atomic mass is 35.5. The largest absolute Gasteiger partial charge is 0.497 e. The van der Waals surface area contributed by atoms with Crippen molar-refractivity contribution in [2.75, 3.05) is 23.1 Å². The number of allylic oxidation sites excluding steroid dienone is 1. The maximum absolute atomic E-state index is 13.7. The molecule has 0 heterocycles. The summed E-state index contributed by atoms with van der Waals surface area (Å²) in [4.78, 5) is 0. The quantitative estimate of drug-likeness (QED) is 0.172. The first-order valence-corrected chi connectivity index (χ1v) is 9.50. The number of alkyl halides is 3. The van der Waals surface area contributed by atoms with Crippen LogP contribution < -0.4 is 20.7 Å². The summed E-state index contributed by atoms with van der Waals surface area (Å²) in [6.07, 6.45) is -6.27. The number of rotatable bonds is 10. The third-order valence-electron chi connectivity index (χ3n) is 4.12. The molecule has 2 aromatic rings.